The first-order chi connectivity index (χ1) is 8.52. The van der Waals surface area contributed by atoms with Crippen molar-refractivity contribution in [2.45, 2.75) is 57.9 Å². The molecular weight excluding hydrogens is 266 g/mol. The quantitative estimate of drug-likeness (QED) is 0.788. The van der Waals surface area contributed by atoms with E-state index in [1.54, 1.807) is 0 Å². The van der Waals surface area contributed by atoms with Crippen LogP contribution >= 0.6 is 23.1 Å². The zero-order valence-electron chi connectivity index (χ0n) is 11.4. The Morgan fingerprint density at radius 3 is 2.50 bits per heavy atom. The smallest absolute Gasteiger partial charge is 0.205 e. The van der Waals surface area contributed by atoms with E-state index < -0.39 is 0 Å². The lowest BCUT2D eigenvalue weighted by atomic mass is 9.96. The van der Waals surface area contributed by atoms with Crippen LogP contribution in [0.3, 0.4) is 0 Å². The Labute approximate surface area is 119 Å². The topological polar surface area (TPSA) is 29.0 Å². The van der Waals surface area contributed by atoms with Gasteiger partial charge in [-0.25, -0.2) is 4.98 Å². The molecule has 1 saturated carbocycles. The monoisotopic (exact) mass is 287 g/mol. The maximum absolute atomic E-state index is 5.94. The normalized spacial score (nSPS) is 17.3. The molecule has 0 N–H and O–H groups in total. The number of aromatic nitrogens is 2. The summed E-state index contributed by atoms with van der Waals surface area (Å²) < 4.78 is 4.51. The highest BCUT2D eigenvalue weighted by Gasteiger charge is 2.27. The van der Waals surface area contributed by atoms with E-state index in [0.29, 0.717) is 11.9 Å². The van der Waals surface area contributed by atoms with E-state index in [9.17, 15) is 0 Å². The zero-order chi connectivity index (χ0) is 13.2. The van der Waals surface area contributed by atoms with E-state index in [0.717, 1.165) is 17.5 Å². The van der Waals surface area contributed by atoms with Crippen LogP contribution in [0.4, 0.5) is 5.13 Å². The van der Waals surface area contributed by atoms with Crippen molar-refractivity contribution in [3.8, 4) is 0 Å². The van der Waals surface area contributed by atoms with Crippen LogP contribution < -0.4 is 4.90 Å². The van der Waals surface area contributed by atoms with E-state index in [2.05, 4.69) is 30.0 Å². The summed E-state index contributed by atoms with van der Waals surface area (Å²) >= 11 is 7.45. The van der Waals surface area contributed by atoms with Crippen LogP contribution in [0, 0.1) is 0 Å². The summed E-state index contributed by atoms with van der Waals surface area (Å²) in [7, 11) is 0. The summed E-state index contributed by atoms with van der Waals surface area (Å²) in [5, 5.41) is 1.05. The molecular formula is C13H22ClN3S. The van der Waals surface area contributed by atoms with Gasteiger partial charge in [-0.3, -0.25) is 0 Å². The zero-order valence-corrected chi connectivity index (χ0v) is 13.0. The van der Waals surface area contributed by atoms with Crippen molar-refractivity contribution >= 4 is 28.3 Å². The molecule has 0 radical (unpaired) electrons. The largest absolute Gasteiger partial charge is 0.343 e. The highest BCUT2D eigenvalue weighted by molar-refractivity contribution is 7.09. The summed E-state index contributed by atoms with van der Waals surface area (Å²) in [5.74, 6) is 1.60. The summed E-state index contributed by atoms with van der Waals surface area (Å²) in [5.41, 5.74) is 0.0249. The van der Waals surface area contributed by atoms with Crippen molar-refractivity contribution in [2.75, 3.05) is 17.3 Å². The van der Waals surface area contributed by atoms with Gasteiger partial charge in [0.05, 0.1) is 0 Å². The summed E-state index contributed by atoms with van der Waals surface area (Å²) in [4.78, 5) is 7.09. The Morgan fingerprint density at radius 1 is 1.33 bits per heavy atom. The second-order valence-corrected chi connectivity index (χ2v) is 7.08. The lowest BCUT2D eigenvalue weighted by molar-refractivity contribution is 0.551. The fourth-order valence-corrected chi connectivity index (χ4v) is 3.52. The molecule has 0 aromatic carbocycles. The third kappa shape index (κ3) is 3.15. The molecule has 0 unspecified atom stereocenters. The van der Waals surface area contributed by atoms with Crippen LogP contribution in [-0.2, 0) is 5.41 Å². The van der Waals surface area contributed by atoms with Gasteiger partial charge in [0.2, 0.25) is 5.13 Å². The predicted molar refractivity (Wildman–Crippen MR) is 78.9 cm³/mol. The van der Waals surface area contributed by atoms with Crippen LogP contribution in [0.5, 0.6) is 0 Å². The van der Waals surface area contributed by atoms with Crippen LogP contribution in [-0.4, -0.2) is 27.8 Å². The molecule has 2 rings (SSSR count). The molecule has 102 valence electrons. The van der Waals surface area contributed by atoms with Crippen molar-refractivity contribution < 1.29 is 0 Å². The second-order valence-electron chi connectivity index (χ2n) is 5.97. The number of nitrogens with zero attached hydrogens (tertiary/aromatic N) is 3. The van der Waals surface area contributed by atoms with Crippen LogP contribution in [0.25, 0.3) is 0 Å². The average molecular weight is 288 g/mol. The Bertz CT molecular complexity index is 380. The van der Waals surface area contributed by atoms with E-state index in [-0.39, 0.29) is 5.41 Å². The van der Waals surface area contributed by atoms with Gasteiger partial charge in [-0.05, 0) is 12.8 Å². The van der Waals surface area contributed by atoms with Gasteiger partial charge in [-0.15, -0.1) is 11.6 Å². The molecule has 0 atom stereocenters. The Kier molecular flexibility index (Phi) is 4.49. The molecule has 1 heterocycles. The first kappa shape index (κ1) is 14.1. The molecule has 0 aliphatic heterocycles. The summed E-state index contributed by atoms with van der Waals surface area (Å²) in [6.07, 6.45) is 5.19. The van der Waals surface area contributed by atoms with Gasteiger partial charge in [0.15, 0.2) is 0 Å². The first-order valence-corrected chi connectivity index (χ1v) is 8.00. The van der Waals surface area contributed by atoms with Crippen molar-refractivity contribution in [3.05, 3.63) is 5.82 Å². The molecule has 1 aliphatic rings. The van der Waals surface area contributed by atoms with Crippen LogP contribution in [0.1, 0.15) is 52.3 Å². The number of anilines is 1. The standard InChI is InChI=1S/C13H22ClN3S/c1-13(2,3)11-15-12(18-16-11)17(9-8-14)10-6-4-5-7-10/h10H,4-9H2,1-3H3. The minimum absolute atomic E-state index is 0.0249. The fraction of sp³-hybridized carbons (Fsp3) is 0.846. The molecule has 3 nitrogen and oxygen atoms in total. The van der Waals surface area contributed by atoms with Gasteiger partial charge in [0, 0.05) is 35.4 Å². The van der Waals surface area contributed by atoms with E-state index in [1.807, 2.05) is 0 Å². The lowest BCUT2D eigenvalue weighted by Gasteiger charge is -2.27. The van der Waals surface area contributed by atoms with Crippen LogP contribution in [0.15, 0.2) is 0 Å². The molecule has 18 heavy (non-hydrogen) atoms. The molecule has 0 bridgehead atoms. The molecule has 1 aromatic heterocycles. The van der Waals surface area contributed by atoms with Gasteiger partial charge >= 0.3 is 0 Å². The molecule has 1 fully saturated rings. The van der Waals surface area contributed by atoms with Gasteiger partial charge < -0.3 is 4.90 Å². The predicted octanol–water partition coefficient (Wildman–Crippen LogP) is 3.82. The Balaban J connectivity index is 2.17. The van der Waals surface area contributed by atoms with Gasteiger partial charge in [-0.2, -0.15) is 4.37 Å². The van der Waals surface area contributed by atoms with Gasteiger partial charge in [-0.1, -0.05) is 33.6 Å². The number of alkyl halides is 1. The third-order valence-corrected chi connectivity index (χ3v) is 4.35. The maximum atomic E-state index is 5.94. The SMILES string of the molecule is CC(C)(C)c1nsc(N(CCCl)C2CCCC2)n1. The van der Waals surface area contributed by atoms with Crippen molar-refractivity contribution in [1.29, 1.82) is 0 Å². The lowest BCUT2D eigenvalue weighted by Crippen LogP contribution is -2.35. The Hall–Kier alpha value is -0.350. The first-order valence-electron chi connectivity index (χ1n) is 6.69. The summed E-state index contributed by atoms with van der Waals surface area (Å²) in [6.45, 7) is 7.34. The van der Waals surface area contributed by atoms with E-state index >= 15 is 0 Å². The number of rotatable bonds is 4. The highest BCUT2D eigenvalue weighted by Crippen LogP contribution is 2.31. The second kappa shape index (κ2) is 5.74. The number of halogens is 1. The fourth-order valence-electron chi connectivity index (χ4n) is 2.38. The van der Waals surface area contributed by atoms with Crippen molar-refractivity contribution in [3.63, 3.8) is 0 Å². The molecule has 0 spiro atoms. The molecule has 1 aromatic rings. The molecule has 1 aliphatic carbocycles. The van der Waals surface area contributed by atoms with Crippen molar-refractivity contribution in [2.24, 2.45) is 0 Å². The van der Waals surface area contributed by atoms with Gasteiger partial charge in [0.1, 0.15) is 5.82 Å². The Morgan fingerprint density at radius 2 is 2.00 bits per heavy atom. The number of hydrogen-bond donors (Lipinski definition) is 0. The van der Waals surface area contributed by atoms with Crippen LogP contribution in [0.2, 0.25) is 0 Å². The van der Waals surface area contributed by atoms with Gasteiger partial charge in [0.25, 0.3) is 0 Å². The van der Waals surface area contributed by atoms with Crippen molar-refractivity contribution in [1.82, 2.24) is 9.36 Å². The molecule has 0 saturated heterocycles. The molecule has 0 amide bonds. The minimum Gasteiger partial charge on any atom is -0.343 e. The number of hydrogen-bond acceptors (Lipinski definition) is 4. The minimum atomic E-state index is 0.0249. The van der Waals surface area contributed by atoms with E-state index in [4.69, 9.17) is 16.6 Å². The molecule has 5 heteroatoms. The van der Waals surface area contributed by atoms with E-state index in [1.165, 1.54) is 37.2 Å². The summed E-state index contributed by atoms with van der Waals surface area (Å²) in [6, 6.07) is 0.615. The maximum Gasteiger partial charge on any atom is 0.205 e. The third-order valence-electron chi connectivity index (χ3n) is 3.42. The average Bonchev–Trinajstić information content (AvgIpc) is 2.96. The highest BCUT2D eigenvalue weighted by atomic mass is 35.5.